The highest BCUT2D eigenvalue weighted by Gasteiger charge is 2.12. The van der Waals surface area contributed by atoms with E-state index in [4.69, 9.17) is 10.8 Å². The fraction of sp³-hybridized carbons (Fsp3) is 0.600. The lowest BCUT2D eigenvalue weighted by molar-refractivity contribution is 0.267. The molecule has 0 saturated heterocycles. The number of nitrogens with zero attached hydrogens (tertiary/aromatic N) is 2. The second kappa shape index (κ2) is 5.50. The summed E-state index contributed by atoms with van der Waals surface area (Å²) in [6.07, 6.45) is 2.12. The molecule has 5 heteroatoms. The van der Waals surface area contributed by atoms with Crippen molar-refractivity contribution in [3.63, 3.8) is 0 Å². The molecule has 0 spiro atoms. The predicted molar refractivity (Wildman–Crippen MR) is 60.4 cm³/mol. The highest BCUT2D eigenvalue weighted by atomic mass is 16.3. The SMILES string of the molecule is CC(C)C(CCO)Nc1cc(N)ncn1. The first-order chi connectivity index (χ1) is 7.13. The number of aliphatic hydroxyl groups excluding tert-OH is 1. The van der Waals surface area contributed by atoms with Gasteiger partial charge in [-0.05, 0) is 12.3 Å². The van der Waals surface area contributed by atoms with Crippen LogP contribution < -0.4 is 11.1 Å². The van der Waals surface area contributed by atoms with Crippen LogP contribution in [0.25, 0.3) is 0 Å². The van der Waals surface area contributed by atoms with Crippen molar-refractivity contribution in [2.24, 2.45) is 5.92 Å². The molecule has 1 aromatic rings. The van der Waals surface area contributed by atoms with Gasteiger partial charge in [0.1, 0.15) is 18.0 Å². The number of aliphatic hydroxyl groups is 1. The number of rotatable bonds is 5. The van der Waals surface area contributed by atoms with E-state index in [9.17, 15) is 0 Å². The summed E-state index contributed by atoms with van der Waals surface area (Å²) >= 11 is 0. The van der Waals surface area contributed by atoms with Gasteiger partial charge in [0, 0.05) is 18.7 Å². The van der Waals surface area contributed by atoms with E-state index in [2.05, 4.69) is 29.1 Å². The first-order valence-electron chi connectivity index (χ1n) is 5.08. The summed E-state index contributed by atoms with van der Waals surface area (Å²) in [4.78, 5) is 7.88. The largest absolute Gasteiger partial charge is 0.396 e. The third kappa shape index (κ3) is 3.71. The topological polar surface area (TPSA) is 84.1 Å². The van der Waals surface area contributed by atoms with E-state index in [0.29, 0.717) is 24.0 Å². The van der Waals surface area contributed by atoms with Gasteiger partial charge in [-0.15, -0.1) is 0 Å². The van der Waals surface area contributed by atoms with E-state index >= 15 is 0 Å². The van der Waals surface area contributed by atoms with Gasteiger partial charge in [0.25, 0.3) is 0 Å². The molecule has 1 heterocycles. The summed E-state index contributed by atoms with van der Waals surface area (Å²) in [6.45, 7) is 4.35. The summed E-state index contributed by atoms with van der Waals surface area (Å²) in [5.41, 5.74) is 5.54. The fourth-order valence-corrected chi connectivity index (χ4v) is 1.35. The van der Waals surface area contributed by atoms with Crippen LogP contribution in [0.4, 0.5) is 11.6 Å². The quantitative estimate of drug-likeness (QED) is 0.671. The molecule has 1 rings (SSSR count). The normalized spacial score (nSPS) is 12.8. The lowest BCUT2D eigenvalue weighted by atomic mass is 10.0. The molecule has 0 aliphatic heterocycles. The Morgan fingerprint density at radius 2 is 2.20 bits per heavy atom. The zero-order valence-corrected chi connectivity index (χ0v) is 9.14. The van der Waals surface area contributed by atoms with E-state index in [1.165, 1.54) is 6.33 Å². The molecule has 1 atom stereocenters. The molecule has 15 heavy (non-hydrogen) atoms. The van der Waals surface area contributed by atoms with Gasteiger partial charge in [-0.3, -0.25) is 0 Å². The van der Waals surface area contributed by atoms with Gasteiger partial charge in [-0.1, -0.05) is 13.8 Å². The number of hydrogen-bond donors (Lipinski definition) is 3. The lowest BCUT2D eigenvalue weighted by Crippen LogP contribution is -2.27. The number of aromatic nitrogens is 2. The van der Waals surface area contributed by atoms with E-state index in [1.54, 1.807) is 6.07 Å². The van der Waals surface area contributed by atoms with Crippen LogP contribution in [0.15, 0.2) is 12.4 Å². The van der Waals surface area contributed by atoms with Crippen LogP contribution in [0.1, 0.15) is 20.3 Å². The van der Waals surface area contributed by atoms with Crippen LogP contribution in [-0.2, 0) is 0 Å². The zero-order valence-electron chi connectivity index (χ0n) is 9.14. The van der Waals surface area contributed by atoms with E-state index in [1.807, 2.05) is 0 Å². The second-order valence-electron chi connectivity index (χ2n) is 3.84. The Balaban J connectivity index is 2.65. The molecule has 0 fully saturated rings. The molecule has 5 nitrogen and oxygen atoms in total. The molecule has 0 amide bonds. The monoisotopic (exact) mass is 210 g/mol. The van der Waals surface area contributed by atoms with Crippen LogP contribution in [0.2, 0.25) is 0 Å². The molecule has 0 radical (unpaired) electrons. The average molecular weight is 210 g/mol. The van der Waals surface area contributed by atoms with Crippen LogP contribution in [-0.4, -0.2) is 27.7 Å². The van der Waals surface area contributed by atoms with Crippen LogP contribution in [0.5, 0.6) is 0 Å². The Bertz CT molecular complexity index is 303. The Labute approximate surface area is 89.7 Å². The maximum atomic E-state index is 8.92. The first kappa shape index (κ1) is 11.7. The molecule has 0 saturated carbocycles. The minimum absolute atomic E-state index is 0.163. The molecule has 0 aromatic carbocycles. The molecular weight excluding hydrogens is 192 g/mol. The predicted octanol–water partition coefficient (Wildman–Crippen LogP) is 0.878. The van der Waals surface area contributed by atoms with Crippen molar-refractivity contribution in [2.45, 2.75) is 26.3 Å². The van der Waals surface area contributed by atoms with Crippen LogP contribution in [0, 0.1) is 5.92 Å². The van der Waals surface area contributed by atoms with Gasteiger partial charge < -0.3 is 16.2 Å². The van der Waals surface area contributed by atoms with Gasteiger partial charge in [0.05, 0.1) is 0 Å². The molecule has 84 valence electrons. The zero-order chi connectivity index (χ0) is 11.3. The second-order valence-corrected chi connectivity index (χ2v) is 3.84. The van der Waals surface area contributed by atoms with E-state index in [0.717, 1.165) is 0 Å². The van der Waals surface area contributed by atoms with Crippen molar-refractivity contribution in [3.8, 4) is 0 Å². The maximum absolute atomic E-state index is 8.92. The van der Waals surface area contributed by atoms with E-state index < -0.39 is 0 Å². The average Bonchev–Trinajstić information content (AvgIpc) is 2.17. The van der Waals surface area contributed by atoms with Gasteiger partial charge in [0.2, 0.25) is 0 Å². The van der Waals surface area contributed by atoms with Crippen LogP contribution in [0.3, 0.4) is 0 Å². The van der Waals surface area contributed by atoms with Crippen molar-refractivity contribution >= 4 is 11.6 Å². The Morgan fingerprint density at radius 1 is 1.47 bits per heavy atom. The number of nitrogens with one attached hydrogen (secondary N) is 1. The smallest absolute Gasteiger partial charge is 0.131 e. The maximum Gasteiger partial charge on any atom is 0.131 e. The molecule has 0 bridgehead atoms. The summed E-state index contributed by atoms with van der Waals surface area (Å²) in [7, 11) is 0. The van der Waals surface area contributed by atoms with Crippen LogP contribution >= 0.6 is 0 Å². The standard InChI is InChI=1S/C10H18N4O/c1-7(2)8(3-4-15)14-10-5-9(11)12-6-13-10/h5-8,15H,3-4H2,1-2H3,(H3,11,12,13,14). The third-order valence-corrected chi connectivity index (χ3v) is 2.27. The summed E-state index contributed by atoms with van der Waals surface area (Å²) in [5.74, 6) is 1.57. The highest BCUT2D eigenvalue weighted by molar-refractivity contribution is 5.43. The van der Waals surface area contributed by atoms with Crippen molar-refractivity contribution in [1.82, 2.24) is 9.97 Å². The molecular formula is C10H18N4O. The summed E-state index contributed by atoms with van der Waals surface area (Å²) in [6, 6.07) is 1.89. The Hall–Kier alpha value is -1.36. The van der Waals surface area contributed by atoms with E-state index in [-0.39, 0.29) is 12.6 Å². The van der Waals surface area contributed by atoms with Gasteiger partial charge in [-0.25, -0.2) is 9.97 Å². The summed E-state index contributed by atoms with van der Waals surface area (Å²) < 4.78 is 0. The minimum Gasteiger partial charge on any atom is -0.396 e. The Kier molecular flexibility index (Phi) is 4.30. The number of nitrogens with two attached hydrogens (primary N) is 1. The van der Waals surface area contributed by atoms with Crippen molar-refractivity contribution in [3.05, 3.63) is 12.4 Å². The molecule has 1 aromatic heterocycles. The van der Waals surface area contributed by atoms with Crippen molar-refractivity contribution in [1.29, 1.82) is 0 Å². The minimum atomic E-state index is 0.163. The molecule has 4 N–H and O–H groups in total. The highest BCUT2D eigenvalue weighted by Crippen LogP contribution is 2.13. The van der Waals surface area contributed by atoms with Crippen molar-refractivity contribution < 1.29 is 5.11 Å². The fourth-order valence-electron chi connectivity index (χ4n) is 1.35. The number of anilines is 2. The number of nitrogen functional groups attached to an aromatic ring is 1. The summed E-state index contributed by atoms with van der Waals surface area (Å²) in [5, 5.41) is 12.1. The third-order valence-electron chi connectivity index (χ3n) is 2.27. The molecule has 1 unspecified atom stereocenters. The Morgan fingerprint density at radius 3 is 2.73 bits per heavy atom. The molecule has 0 aliphatic rings. The first-order valence-corrected chi connectivity index (χ1v) is 5.08. The van der Waals surface area contributed by atoms with Gasteiger partial charge in [0.15, 0.2) is 0 Å². The van der Waals surface area contributed by atoms with Crippen molar-refractivity contribution in [2.75, 3.05) is 17.7 Å². The lowest BCUT2D eigenvalue weighted by Gasteiger charge is -2.21. The van der Waals surface area contributed by atoms with Gasteiger partial charge in [-0.2, -0.15) is 0 Å². The molecule has 0 aliphatic carbocycles. The number of hydrogen-bond acceptors (Lipinski definition) is 5. The van der Waals surface area contributed by atoms with Gasteiger partial charge >= 0.3 is 0 Å².